The van der Waals surface area contributed by atoms with Crippen LogP contribution in [0.25, 0.3) is 0 Å². The molecule has 2 unspecified atom stereocenters. The van der Waals surface area contributed by atoms with Gasteiger partial charge in [-0.15, -0.1) is 11.6 Å². The van der Waals surface area contributed by atoms with Gasteiger partial charge >= 0.3 is 0 Å². The molecule has 2 rings (SSSR count). The van der Waals surface area contributed by atoms with E-state index in [1.54, 1.807) is 0 Å². The largest absolute Gasteiger partial charge is 0.352 e. The fourth-order valence-electron chi connectivity index (χ4n) is 2.19. The molecule has 0 bridgehead atoms. The Balaban J connectivity index is 1.91. The first kappa shape index (κ1) is 12.9. The van der Waals surface area contributed by atoms with Crippen LogP contribution >= 0.6 is 27.5 Å². The molecule has 4 heteroatoms. The minimum atomic E-state index is -0.0340. The van der Waals surface area contributed by atoms with Gasteiger partial charge in [-0.3, -0.25) is 4.79 Å². The van der Waals surface area contributed by atoms with Crippen LogP contribution in [0.5, 0.6) is 0 Å². The Kier molecular flexibility index (Phi) is 4.46. The summed E-state index contributed by atoms with van der Waals surface area (Å²) in [5, 5.41) is 3.18. The van der Waals surface area contributed by atoms with E-state index in [4.69, 9.17) is 11.6 Å². The van der Waals surface area contributed by atoms with Crippen molar-refractivity contribution in [2.45, 2.75) is 24.6 Å². The maximum atomic E-state index is 11.9. The number of carbonyl (C=O) groups is 1. The third-order valence-electron chi connectivity index (χ3n) is 3.21. The van der Waals surface area contributed by atoms with E-state index >= 15 is 0 Å². The van der Waals surface area contributed by atoms with Crippen molar-refractivity contribution in [1.29, 1.82) is 0 Å². The molecule has 2 atom stereocenters. The highest BCUT2D eigenvalue weighted by molar-refractivity contribution is 9.10. The average Bonchev–Trinajstić information content (AvgIpc) is 2.72. The molecule has 0 aromatic heterocycles. The van der Waals surface area contributed by atoms with E-state index in [1.165, 1.54) is 6.42 Å². The minimum Gasteiger partial charge on any atom is -0.352 e. The summed E-state index contributed by atoms with van der Waals surface area (Å²) in [4.78, 5) is 11.9. The topological polar surface area (TPSA) is 29.1 Å². The van der Waals surface area contributed by atoms with Crippen molar-refractivity contribution >= 4 is 33.4 Å². The van der Waals surface area contributed by atoms with E-state index < -0.39 is 0 Å². The van der Waals surface area contributed by atoms with E-state index in [-0.39, 0.29) is 11.3 Å². The highest BCUT2D eigenvalue weighted by Crippen LogP contribution is 2.29. The standard InChI is InChI=1S/C13H15BrClNO/c14-11-6-2-1-5-10(11)13(17)16-8-9-4-3-7-12(9)15/h1-2,5-6,9,12H,3-4,7-8H2,(H,16,17). The van der Waals surface area contributed by atoms with Crippen LogP contribution in [0.2, 0.25) is 0 Å². The normalized spacial score (nSPS) is 23.6. The number of benzene rings is 1. The molecular formula is C13H15BrClNO. The fourth-order valence-corrected chi connectivity index (χ4v) is 3.02. The zero-order chi connectivity index (χ0) is 12.3. The summed E-state index contributed by atoms with van der Waals surface area (Å²) in [5.74, 6) is 0.386. The Labute approximate surface area is 115 Å². The van der Waals surface area contributed by atoms with Crippen molar-refractivity contribution in [2.75, 3.05) is 6.54 Å². The van der Waals surface area contributed by atoms with Crippen LogP contribution < -0.4 is 5.32 Å². The molecule has 17 heavy (non-hydrogen) atoms. The predicted molar refractivity (Wildman–Crippen MR) is 73.5 cm³/mol. The van der Waals surface area contributed by atoms with Gasteiger partial charge < -0.3 is 5.32 Å². The quantitative estimate of drug-likeness (QED) is 0.848. The van der Waals surface area contributed by atoms with Gasteiger partial charge in [0.1, 0.15) is 0 Å². The van der Waals surface area contributed by atoms with Crippen LogP contribution in [0.3, 0.4) is 0 Å². The molecule has 92 valence electrons. The van der Waals surface area contributed by atoms with E-state index in [9.17, 15) is 4.79 Å². The summed E-state index contributed by atoms with van der Waals surface area (Å²) < 4.78 is 0.825. The molecule has 0 heterocycles. The van der Waals surface area contributed by atoms with Crippen molar-refractivity contribution in [3.8, 4) is 0 Å². The van der Waals surface area contributed by atoms with Crippen LogP contribution in [0, 0.1) is 5.92 Å². The number of halogens is 2. The molecule has 2 nitrogen and oxygen atoms in total. The SMILES string of the molecule is O=C(NCC1CCCC1Cl)c1ccccc1Br. The van der Waals surface area contributed by atoms with E-state index in [0.29, 0.717) is 18.0 Å². The van der Waals surface area contributed by atoms with Crippen LogP contribution in [0.4, 0.5) is 0 Å². The summed E-state index contributed by atoms with van der Waals surface area (Å²) in [5.41, 5.74) is 0.677. The molecular weight excluding hydrogens is 302 g/mol. The van der Waals surface area contributed by atoms with Gasteiger partial charge in [0.15, 0.2) is 0 Å². The summed E-state index contributed by atoms with van der Waals surface area (Å²) in [7, 11) is 0. The molecule has 1 amide bonds. The second-order valence-electron chi connectivity index (χ2n) is 4.40. The lowest BCUT2D eigenvalue weighted by Gasteiger charge is -2.14. The van der Waals surface area contributed by atoms with Gasteiger partial charge in [0.05, 0.1) is 5.56 Å². The lowest BCUT2D eigenvalue weighted by Crippen LogP contribution is -2.31. The Morgan fingerprint density at radius 2 is 2.18 bits per heavy atom. The Hall–Kier alpha value is -0.540. The van der Waals surface area contributed by atoms with Gasteiger partial charge in [-0.2, -0.15) is 0 Å². The van der Waals surface area contributed by atoms with E-state index in [1.807, 2.05) is 24.3 Å². The summed E-state index contributed by atoms with van der Waals surface area (Å²) in [6.07, 6.45) is 3.35. The lowest BCUT2D eigenvalue weighted by molar-refractivity contribution is 0.0947. The molecule has 1 saturated carbocycles. The van der Waals surface area contributed by atoms with Gasteiger partial charge in [0.25, 0.3) is 5.91 Å². The average molecular weight is 317 g/mol. The molecule has 1 N–H and O–H groups in total. The molecule has 1 aromatic rings. The highest BCUT2D eigenvalue weighted by atomic mass is 79.9. The molecule has 0 aliphatic heterocycles. The van der Waals surface area contributed by atoms with E-state index in [2.05, 4.69) is 21.2 Å². The molecule has 0 radical (unpaired) electrons. The number of rotatable bonds is 3. The first-order valence-electron chi connectivity index (χ1n) is 5.85. The predicted octanol–water partition coefficient (Wildman–Crippen LogP) is 3.59. The minimum absolute atomic E-state index is 0.0340. The fraction of sp³-hybridized carbons (Fsp3) is 0.462. The molecule has 1 fully saturated rings. The Morgan fingerprint density at radius 1 is 1.41 bits per heavy atom. The maximum absolute atomic E-state index is 11.9. The van der Waals surface area contributed by atoms with Crippen LogP contribution in [-0.4, -0.2) is 17.8 Å². The van der Waals surface area contributed by atoms with Crippen LogP contribution in [0.1, 0.15) is 29.6 Å². The Morgan fingerprint density at radius 3 is 2.82 bits per heavy atom. The summed E-state index contributed by atoms with van der Waals surface area (Å²) in [6.45, 7) is 0.675. The smallest absolute Gasteiger partial charge is 0.252 e. The van der Waals surface area contributed by atoms with Crippen molar-refractivity contribution in [1.82, 2.24) is 5.32 Å². The number of amides is 1. The number of hydrogen-bond donors (Lipinski definition) is 1. The van der Waals surface area contributed by atoms with Gasteiger partial charge in [0.2, 0.25) is 0 Å². The number of hydrogen-bond acceptors (Lipinski definition) is 1. The van der Waals surface area contributed by atoms with Crippen LogP contribution in [0.15, 0.2) is 28.7 Å². The second-order valence-corrected chi connectivity index (χ2v) is 5.81. The van der Waals surface area contributed by atoms with Crippen LogP contribution in [-0.2, 0) is 0 Å². The van der Waals surface area contributed by atoms with Gasteiger partial charge in [-0.1, -0.05) is 18.6 Å². The molecule has 0 saturated heterocycles. The maximum Gasteiger partial charge on any atom is 0.252 e. The lowest BCUT2D eigenvalue weighted by atomic mass is 10.1. The number of nitrogens with one attached hydrogen (secondary N) is 1. The van der Waals surface area contributed by atoms with Gasteiger partial charge in [0, 0.05) is 16.4 Å². The molecule has 1 aliphatic rings. The zero-order valence-electron chi connectivity index (χ0n) is 9.46. The zero-order valence-corrected chi connectivity index (χ0v) is 11.8. The second kappa shape index (κ2) is 5.87. The third-order valence-corrected chi connectivity index (χ3v) is 4.48. The molecule has 1 aromatic carbocycles. The number of carbonyl (C=O) groups excluding carboxylic acids is 1. The summed E-state index contributed by atoms with van der Waals surface area (Å²) in [6, 6.07) is 7.44. The monoisotopic (exact) mass is 315 g/mol. The Bertz CT molecular complexity index is 410. The van der Waals surface area contributed by atoms with Crippen molar-refractivity contribution in [2.24, 2.45) is 5.92 Å². The highest BCUT2D eigenvalue weighted by Gasteiger charge is 2.25. The van der Waals surface area contributed by atoms with Crippen molar-refractivity contribution in [3.05, 3.63) is 34.3 Å². The molecule has 1 aliphatic carbocycles. The third kappa shape index (κ3) is 3.23. The first-order chi connectivity index (χ1) is 8.18. The van der Waals surface area contributed by atoms with Gasteiger partial charge in [-0.25, -0.2) is 0 Å². The first-order valence-corrected chi connectivity index (χ1v) is 7.08. The summed E-state index contributed by atoms with van der Waals surface area (Å²) >= 11 is 9.55. The van der Waals surface area contributed by atoms with Gasteiger partial charge in [-0.05, 0) is 46.8 Å². The van der Waals surface area contributed by atoms with E-state index in [0.717, 1.165) is 17.3 Å². The number of alkyl halides is 1. The van der Waals surface area contributed by atoms with Crippen molar-refractivity contribution in [3.63, 3.8) is 0 Å². The van der Waals surface area contributed by atoms with Crippen molar-refractivity contribution < 1.29 is 4.79 Å². The molecule has 0 spiro atoms.